The third-order valence-corrected chi connectivity index (χ3v) is 8.47. The SMILES string of the molecule is CCc1cccc2sc(N(CCN(CC)CC)C(=O)CCS(=O)(=O)c3ccc(F)cc3)nc12. The molecule has 0 saturated carbocycles. The van der Waals surface area contributed by atoms with Gasteiger partial charge in [0.15, 0.2) is 15.0 Å². The Morgan fingerprint density at radius 3 is 2.36 bits per heavy atom. The average Bonchev–Trinajstić information content (AvgIpc) is 3.24. The fourth-order valence-electron chi connectivity index (χ4n) is 3.62. The van der Waals surface area contributed by atoms with Gasteiger partial charge in [0.2, 0.25) is 5.91 Å². The van der Waals surface area contributed by atoms with Crippen LogP contribution in [0.1, 0.15) is 32.8 Å². The van der Waals surface area contributed by atoms with Crippen molar-refractivity contribution < 1.29 is 17.6 Å². The summed E-state index contributed by atoms with van der Waals surface area (Å²) in [6.07, 6.45) is 0.665. The van der Waals surface area contributed by atoms with Crippen molar-refractivity contribution in [3.8, 4) is 0 Å². The Hall–Kier alpha value is -2.36. The molecule has 1 amide bonds. The molecule has 0 spiro atoms. The smallest absolute Gasteiger partial charge is 0.229 e. The number of carbonyl (C=O) groups excluding carboxylic acids is 1. The van der Waals surface area contributed by atoms with Crippen LogP contribution in [0.4, 0.5) is 9.52 Å². The first-order chi connectivity index (χ1) is 15.8. The number of hydrogen-bond donors (Lipinski definition) is 0. The highest BCUT2D eigenvalue weighted by Crippen LogP contribution is 2.31. The largest absolute Gasteiger partial charge is 0.302 e. The molecule has 178 valence electrons. The number of carbonyl (C=O) groups is 1. The number of sulfone groups is 1. The molecule has 1 aromatic heterocycles. The summed E-state index contributed by atoms with van der Waals surface area (Å²) in [5.41, 5.74) is 2.00. The molecule has 0 aliphatic rings. The molecule has 33 heavy (non-hydrogen) atoms. The minimum Gasteiger partial charge on any atom is -0.302 e. The number of hydrogen-bond acceptors (Lipinski definition) is 6. The van der Waals surface area contributed by atoms with Crippen LogP contribution >= 0.6 is 11.3 Å². The molecule has 0 aliphatic carbocycles. The van der Waals surface area contributed by atoms with Crippen molar-refractivity contribution in [1.29, 1.82) is 0 Å². The van der Waals surface area contributed by atoms with Gasteiger partial charge in [-0.2, -0.15) is 0 Å². The standard InChI is InChI=1S/C24H30FN3O3S2/c1-4-18-8-7-9-21-23(18)26-24(32-21)28(16-15-27(5-2)6-3)22(29)14-17-33(30,31)20-12-10-19(25)11-13-20/h7-13H,4-6,14-17H2,1-3H3. The number of aryl methyl sites for hydroxylation is 1. The van der Waals surface area contributed by atoms with Crippen molar-refractivity contribution in [2.45, 2.75) is 38.5 Å². The summed E-state index contributed by atoms with van der Waals surface area (Å²) < 4.78 is 39.5. The number of aromatic nitrogens is 1. The zero-order valence-corrected chi connectivity index (χ0v) is 20.9. The second-order valence-electron chi connectivity index (χ2n) is 7.71. The molecule has 0 saturated heterocycles. The van der Waals surface area contributed by atoms with Crippen LogP contribution in [0.15, 0.2) is 47.4 Å². The third-order valence-electron chi connectivity index (χ3n) is 5.70. The number of thiazole rings is 1. The van der Waals surface area contributed by atoms with Crippen LogP contribution in [0, 0.1) is 5.82 Å². The summed E-state index contributed by atoms with van der Waals surface area (Å²) in [4.78, 5) is 21.8. The number of para-hydroxylation sites is 1. The van der Waals surface area contributed by atoms with Crippen molar-refractivity contribution in [2.24, 2.45) is 0 Å². The van der Waals surface area contributed by atoms with Crippen LogP contribution in [0.3, 0.4) is 0 Å². The lowest BCUT2D eigenvalue weighted by Gasteiger charge is -2.24. The van der Waals surface area contributed by atoms with E-state index in [1.807, 2.05) is 18.2 Å². The van der Waals surface area contributed by atoms with Gasteiger partial charge in [-0.25, -0.2) is 17.8 Å². The van der Waals surface area contributed by atoms with E-state index in [9.17, 15) is 17.6 Å². The van der Waals surface area contributed by atoms with Crippen LogP contribution in [-0.4, -0.2) is 56.1 Å². The Morgan fingerprint density at radius 1 is 1.03 bits per heavy atom. The van der Waals surface area contributed by atoms with Gasteiger partial charge in [0.05, 0.1) is 20.9 Å². The Bertz CT molecular complexity index is 1190. The highest BCUT2D eigenvalue weighted by Gasteiger charge is 2.24. The monoisotopic (exact) mass is 491 g/mol. The predicted molar refractivity (Wildman–Crippen MR) is 132 cm³/mol. The Labute approximate surface area is 199 Å². The molecule has 0 bridgehead atoms. The van der Waals surface area contributed by atoms with E-state index in [0.717, 1.165) is 47.4 Å². The van der Waals surface area contributed by atoms with Crippen LogP contribution in [0.25, 0.3) is 10.2 Å². The van der Waals surface area contributed by atoms with Crippen molar-refractivity contribution in [3.63, 3.8) is 0 Å². The number of halogens is 1. The summed E-state index contributed by atoms with van der Waals surface area (Å²) in [5, 5.41) is 0.585. The van der Waals surface area contributed by atoms with E-state index in [0.29, 0.717) is 18.2 Å². The average molecular weight is 492 g/mol. The van der Waals surface area contributed by atoms with Crippen LogP contribution in [-0.2, 0) is 21.1 Å². The van der Waals surface area contributed by atoms with Crippen LogP contribution in [0.5, 0.6) is 0 Å². The van der Waals surface area contributed by atoms with Crippen molar-refractivity contribution in [2.75, 3.05) is 36.8 Å². The summed E-state index contributed by atoms with van der Waals surface area (Å²) in [7, 11) is -3.71. The zero-order chi connectivity index (χ0) is 24.0. The lowest BCUT2D eigenvalue weighted by Crippen LogP contribution is -2.39. The van der Waals surface area contributed by atoms with Gasteiger partial charge < -0.3 is 4.90 Å². The van der Waals surface area contributed by atoms with Crippen molar-refractivity contribution >= 4 is 42.4 Å². The van der Waals surface area contributed by atoms with Gasteiger partial charge in [-0.1, -0.05) is 44.2 Å². The fraction of sp³-hybridized carbons (Fsp3) is 0.417. The summed E-state index contributed by atoms with van der Waals surface area (Å²) in [6, 6.07) is 10.7. The van der Waals surface area contributed by atoms with Crippen molar-refractivity contribution in [3.05, 3.63) is 53.8 Å². The van der Waals surface area contributed by atoms with Crippen LogP contribution in [0.2, 0.25) is 0 Å². The molecule has 0 N–H and O–H groups in total. The Balaban J connectivity index is 1.84. The van der Waals surface area contributed by atoms with Crippen molar-refractivity contribution in [1.82, 2.24) is 9.88 Å². The second kappa shape index (κ2) is 11.2. The van der Waals surface area contributed by atoms with Gasteiger partial charge in [0.1, 0.15) is 5.82 Å². The molecule has 2 aromatic carbocycles. The summed E-state index contributed by atoms with van der Waals surface area (Å²) in [6.45, 7) is 9.01. The lowest BCUT2D eigenvalue weighted by atomic mass is 10.1. The maximum absolute atomic E-state index is 13.2. The number of rotatable bonds is 11. The topological polar surface area (TPSA) is 70.6 Å². The number of benzene rings is 2. The van der Waals surface area contributed by atoms with Gasteiger partial charge in [-0.15, -0.1) is 0 Å². The minimum absolute atomic E-state index is 0.0129. The first-order valence-electron chi connectivity index (χ1n) is 11.2. The number of fused-ring (bicyclic) bond motifs is 1. The number of anilines is 1. The fourth-order valence-corrected chi connectivity index (χ4v) is 5.91. The van der Waals surface area contributed by atoms with E-state index in [2.05, 4.69) is 25.7 Å². The Morgan fingerprint density at radius 2 is 1.73 bits per heavy atom. The quantitative estimate of drug-likeness (QED) is 0.369. The molecular weight excluding hydrogens is 461 g/mol. The van der Waals surface area contributed by atoms with Gasteiger partial charge in [-0.3, -0.25) is 9.69 Å². The second-order valence-corrected chi connectivity index (χ2v) is 10.8. The van der Waals surface area contributed by atoms with E-state index in [4.69, 9.17) is 4.98 Å². The molecule has 6 nitrogen and oxygen atoms in total. The van der Waals surface area contributed by atoms with E-state index < -0.39 is 15.7 Å². The molecule has 0 radical (unpaired) electrons. The molecule has 1 heterocycles. The van der Waals surface area contributed by atoms with E-state index in [1.54, 1.807) is 4.90 Å². The third kappa shape index (κ3) is 6.16. The summed E-state index contributed by atoms with van der Waals surface area (Å²) in [5.74, 6) is -1.13. The molecular formula is C24H30FN3O3S2. The first-order valence-corrected chi connectivity index (χ1v) is 13.6. The molecule has 9 heteroatoms. The molecule has 0 fully saturated rings. The number of amides is 1. The highest BCUT2D eigenvalue weighted by molar-refractivity contribution is 7.91. The minimum atomic E-state index is -3.71. The molecule has 3 rings (SSSR count). The zero-order valence-electron chi connectivity index (χ0n) is 19.3. The highest BCUT2D eigenvalue weighted by atomic mass is 32.2. The molecule has 0 unspecified atom stereocenters. The van der Waals surface area contributed by atoms with Gasteiger partial charge in [0, 0.05) is 19.5 Å². The maximum atomic E-state index is 13.2. The normalized spacial score (nSPS) is 11.9. The van der Waals surface area contributed by atoms with Crippen LogP contribution < -0.4 is 4.90 Å². The molecule has 0 aliphatic heterocycles. The maximum Gasteiger partial charge on any atom is 0.229 e. The first kappa shape index (κ1) is 25.3. The van der Waals surface area contributed by atoms with E-state index in [1.165, 1.54) is 23.5 Å². The van der Waals surface area contributed by atoms with Gasteiger partial charge in [-0.05, 0) is 55.4 Å². The lowest BCUT2D eigenvalue weighted by molar-refractivity contribution is -0.118. The summed E-state index contributed by atoms with van der Waals surface area (Å²) >= 11 is 1.45. The van der Waals surface area contributed by atoms with Gasteiger partial charge in [0.25, 0.3) is 0 Å². The molecule has 3 aromatic rings. The predicted octanol–water partition coefficient (Wildman–Crippen LogP) is 4.54. The molecule has 0 atom stereocenters. The van der Waals surface area contributed by atoms with E-state index in [-0.39, 0.29) is 23.0 Å². The van der Waals surface area contributed by atoms with Gasteiger partial charge >= 0.3 is 0 Å². The van der Waals surface area contributed by atoms with E-state index >= 15 is 0 Å². The number of nitrogens with zero attached hydrogens (tertiary/aromatic N) is 3. The Kier molecular flexibility index (Phi) is 8.56. The number of likely N-dealkylation sites (N-methyl/N-ethyl adjacent to an activating group) is 1.